The number of nitrogens with one attached hydrogen (secondary N) is 1. The number of anilines is 7. The Labute approximate surface area is 459 Å². The van der Waals surface area contributed by atoms with Crippen LogP contribution in [0.2, 0.25) is 0 Å². The Bertz CT molecular complexity index is 2850. The van der Waals surface area contributed by atoms with Gasteiger partial charge in [0.15, 0.2) is 11.6 Å². The predicted octanol–water partition coefficient (Wildman–Crippen LogP) is 5.80. The van der Waals surface area contributed by atoms with Crippen molar-refractivity contribution in [3.8, 4) is 22.8 Å². The Balaban J connectivity index is 0.806. The van der Waals surface area contributed by atoms with E-state index < -0.39 is 54.9 Å². The molecule has 8 bridgehead atoms. The molecule has 24 heteroatoms. The van der Waals surface area contributed by atoms with Crippen LogP contribution < -0.4 is 29.8 Å². The first kappa shape index (κ1) is 51.3. The number of alkyl halides is 4. The van der Waals surface area contributed by atoms with Crippen LogP contribution in [0.5, 0.6) is 0 Å². The number of carbonyl (C=O) groups excluding carboxylic acids is 2. The molecule has 12 atom stereocenters. The van der Waals surface area contributed by atoms with Gasteiger partial charge in [0.25, 0.3) is 5.91 Å². The summed E-state index contributed by atoms with van der Waals surface area (Å²) >= 11 is 0. The van der Waals surface area contributed by atoms with Crippen molar-refractivity contribution >= 4 is 52.8 Å². The van der Waals surface area contributed by atoms with Crippen LogP contribution in [0.1, 0.15) is 43.0 Å². The van der Waals surface area contributed by atoms with Gasteiger partial charge in [0.05, 0.1) is 113 Å². The average molecular weight is 1100 g/mol. The minimum Gasteiger partial charge on any atom is -0.377 e. The molecular weight excluding hydrogens is 1040 g/mol. The highest BCUT2D eigenvalue weighted by Crippen LogP contribution is 2.42. The van der Waals surface area contributed by atoms with Gasteiger partial charge in [-0.25, -0.2) is 22.4 Å². The standard InChI is InChI=1S/C56H62F4N14O6/c1-2-68-15-17-69(18-16-68)51(75)33-3-9-34(10-4-33)61-56(76)70(35-11-5-31(6-12-35)49-62-52(71-37-19-41(57)45(71)27-77-23-37)66-53(63-49)72-38-20-42(58)46(72)28-78-24-38)36-13-7-32(8-14-36)50-64-54(73-39-21-43(59)47(73)29-79-25-39)67-55(65-50)74-40-22-44(60)48(74)30-80-26-40/h3-14,37-48H,2,15-30H2,1H3,(H,61,76). The number of piperazine rings is 1. The van der Waals surface area contributed by atoms with Crippen LogP contribution >= 0.6 is 0 Å². The Hall–Kier alpha value is -6.86. The molecule has 9 saturated heterocycles. The lowest BCUT2D eigenvalue weighted by atomic mass is 10.1. The first-order valence-corrected chi connectivity index (χ1v) is 28.0. The molecule has 0 radical (unpaired) electrons. The molecule has 1 N–H and O–H groups in total. The number of amides is 3. The number of fused-ring (bicyclic) bond motifs is 8. The number of benzene rings is 3. The maximum Gasteiger partial charge on any atom is 0.330 e. The number of likely N-dealkylation sites (N-methyl/N-ethyl adjacent to an activating group) is 1. The molecule has 20 nitrogen and oxygen atoms in total. The lowest BCUT2D eigenvalue weighted by Crippen LogP contribution is -2.50. The van der Waals surface area contributed by atoms with Crippen molar-refractivity contribution in [3.63, 3.8) is 0 Å². The second-order valence-corrected chi connectivity index (χ2v) is 22.4. The topological polar surface area (TPSA) is 183 Å². The van der Waals surface area contributed by atoms with E-state index in [0.717, 1.165) is 19.6 Å². The second kappa shape index (κ2) is 20.9. The number of carbonyl (C=O) groups is 2. The summed E-state index contributed by atoms with van der Waals surface area (Å²) < 4.78 is 84.9. The van der Waals surface area contributed by atoms with Crippen molar-refractivity contribution in [1.82, 2.24) is 39.7 Å². The number of hydrogen-bond donors (Lipinski definition) is 1. The number of urea groups is 1. The van der Waals surface area contributed by atoms with Crippen LogP contribution in [0, 0.1) is 0 Å². The molecule has 0 spiro atoms. The molecule has 9 aliphatic rings. The second-order valence-electron chi connectivity index (χ2n) is 22.4. The summed E-state index contributed by atoms with van der Waals surface area (Å²) in [5.74, 6) is 1.64. The molecule has 0 aliphatic carbocycles. The molecular formula is C56H62F4N14O6. The number of ether oxygens (including phenoxy) is 4. The molecule has 420 valence electrons. The zero-order valence-corrected chi connectivity index (χ0v) is 44.2. The molecule has 2 aromatic heterocycles. The summed E-state index contributed by atoms with van der Waals surface area (Å²) in [5, 5.41) is 3.04. The molecule has 3 aromatic carbocycles. The number of nitrogens with zero attached hydrogens (tertiary/aromatic N) is 13. The molecule has 14 rings (SSSR count). The summed E-state index contributed by atoms with van der Waals surface area (Å²) in [5.41, 5.74) is 3.03. The van der Waals surface area contributed by atoms with Crippen LogP contribution in [0.15, 0.2) is 72.8 Å². The monoisotopic (exact) mass is 1100 g/mol. The van der Waals surface area contributed by atoms with E-state index in [4.69, 9.17) is 48.9 Å². The highest BCUT2D eigenvalue weighted by Gasteiger charge is 2.51. The third-order valence-corrected chi connectivity index (χ3v) is 17.7. The maximum atomic E-state index is 15.5. The number of aromatic nitrogens is 6. The van der Waals surface area contributed by atoms with Crippen molar-refractivity contribution in [2.75, 3.05) is 115 Å². The van der Waals surface area contributed by atoms with E-state index >= 15 is 17.6 Å². The summed E-state index contributed by atoms with van der Waals surface area (Å²) in [6.07, 6.45) is -3.48. The van der Waals surface area contributed by atoms with Crippen molar-refractivity contribution < 1.29 is 46.1 Å². The van der Waals surface area contributed by atoms with Gasteiger partial charge in [0.2, 0.25) is 23.8 Å². The molecule has 11 heterocycles. The Morgan fingerprint density at radius 2 is 0.863 bits per heavy atom. The van der Waals surface area contributed by atoms with Crippen molar-refractivity contribution in [2.45, 2.75) is 106 Å². The van der Waals surface area contributed by atoms with Crippen molar-refractivity contribution in [3.05, 3.63) is 78.4 Å². The van der Waals surface area contributed by atoms with E-state index in [1.54, 1.807) is 72.8 Å². The normalized spacial score (nSPS) is 30.8. The fourth-order valence-corrected chi connectivity index (χ4v) is 13.4. The zero-order valence-electron chi connectivity index (χ0n) is 44.2. The largest absolute Gasteiger partial charge is 0.377 e. The van der Waals surface area contributed by atoms with E-state index in [1.165, 1.54) is 4.90 Å². The van der Waals surface area contributed by atoms with Gasteiger partial charge in [0, 0.05) is 74.2 Å². The maximum absolute atomic E-state index is 15.5. The summed E-state index contributed by atoms with van der Waals surface area (Å²) in [7, 11) is 0. The fourth-order valence-electron chi connectivity index (χ4n) is 13.4. The quantitative estimate of drug-likeness (QED) is 0.157. The highest BCUT2D eigenvalue weighted by atomic mass is 19.1. The SMILES string of the molecule is CCN1CCN(C(=O)c2ccc(NC(=O)N(c3ccc(-c4nc(N5C6COCC5C(F)C6)nc(N5C6COCC5C(F)C6)n4)cc3)c3ccc(-c4nc(N5C6COCC5C(F)C6)nc(N5C6COCC5C(F)C6)n4)cc3)cc2)CC1. The van der Waals surface area contributed by atoms with Crippen LogP contribution in [-0.2, 0) is 18.9 Å². The van der Waals surface area contributed by atoms with Crippen molar-refractivity contribution in [1.29, 1.82) is 0 Å². The number of rotatable bonds is 11. The van der Waals surface area contributed by atoms with Gasteiger partial charge in [-0.3, -0.25) is 9.69 Å². The van der Waals surface area contributed by atoms with Gasteiger partial charge in [0.1, 0.15) is 24.7 Å². The molecule has 80 heavy (non-hydrogen) atoms. The third-order valence-electron chi connectivity index (χ3n) is 17.7. The van der Waals surface area contributed by atoms with Crippen LogP contribution in [-0.4, -0.2) is 210 Å². The molecule has 9 fully saturated rings. The first-order chi connectivity index (χ1) is 39.0. The van der Waals surface area contributed by atoms with Gasteiger partial charge < -0.3 is 53.7 Å². The van der Waals surface area contributed by atoms with E-state index in [1.807, 2.05) is 24.5 Å². The van der Waals surface area contributed by atoms with E-state index in [2.05, 4.69) is 17.1 Å². The average Bonchev–Trinajstić information content (AvgIpc) is 4.07. The van der Waals surface area contributed by atoms with Crippen molar-refractivity contribution in [2.24, 2.45) is 0 Å². The number of halogens is 4. The molecule has 9 aliphatic heterocycles. The lowest BCUT2D eigenvalue weighted by Gasteiger charge is -2.37. The van der Waals surface area contributed by atoms with Gasteiger partial charge in [-0.2, -0.15) is 29.9 Å². The Kier molecular flexibility index (Phi) is 13.4. The molecule has 0 saturated carbocycles. The van der Waals surface area contributed by atoms with Gasteiger partial charge in [-0.1, -0.05) is 6.92 Å². The van der Waals surface area contributed by atoms with E-state index in [-0.39, 0.29) is 118 Å². The molecule has 3 amide bonds. The summed E-state index contributed by atoms with van der Waals surface area (Å²) in [6, 6.07) is 17.1. The summed E-state index contributed by atoms with van der Waals surface area (Å²) in [4.78, 5) is 71.2. The number of hydrogen-bond acceptors (Lipinski definition) is 17. The number of morpholine rings is 4. The Morgan fingerprint density at radius 1 is 0.500 bits per heavy atom. The van der Waals surface area contributed by atoms with E-state index in [0.29, 0.717) is 73.3 Å². The first-order valence-electron chi connectivity index (χ1n) is 28.0. The minimum absolute atomic E-state index is 0.0732. The zero-order chi connectivity index (χ0) is 54.3. The Morgan fingerprint density at radius 3 is 1.20 bits per heavy atom. The van der Waals surface area contributed by atoms with Crippen LogP contribution in [0.25, 0.3) is 22.8 Å². The smallest absolute Gasteiger partial charge is 0.330 e. The third kappa shape index (κ3) is 9.19. The van der Waals surface area contributed by atoms with Crippen LogP contribution in [0.3, 0.4) is 0 Å². The summed E-state index contributed by atoms with van der Waals surface area (Å²) in [6.45, 7) is 7.92. The minimum atomic E-state index is -1.14. The lowest BCUT2D eigenvalue weighted by molar-refractivity contribution is 0.0643. The van der Waals surface area contributed by atoms with Gasteiger partial charge in [-0.05, 0) is 79.3 Å². The van der Waals surface area contributed by atoms with Gasteiger partial charge in [-0.15, -0.1) is 0 Å². The molecule has 12 unspecified atom stereocenters. The van der Waals surface area contributed by atoms with Crippen LogP contribution in [0.4, 0.5) is 63.2 Å². The highest BCUT2D eigenvalue weighted by molar-refractivity contribution is 6.07. The fraction of sp³-hybridized carbons (Fsp3) is 0.536. The van der Waals surface area contributed by atoms with Gasteiger partial charge >= 0.3 is 6.03 Å². The molecule has 5 aromatic rings. The van der Waals surface area contributed by atoms with E-state index in [9.17, 15) is 9.59 Å². The predicted molar refractivity (Wildman–Crippen MR) is 288 cm³/mol.